The predicted octanol–water partition coefficient (Wildman–Crippen LogP) is 3.66. The van der Waals surface area contributed by atoms with E-state index in [9.17, 15) is 14.4 Å². The fourth-order valence-corrected chi connectivity index (χ4v) is 3.88. The summed E-state index contributed by atoms with van der Waals surface area (Å²) in [5, 5.41) is 7.84. The molecule has 4 rings (SSSR count). The highest BCUT2D eigenvalue weighted by Gasteiger charge is 2.15. The summed E-state index contributed by atoms with van der Waals surface area (Å²) >= 11 is 1.13. The van der Waals surface area contributed by atoms with E-state index in [0.717, 1.165) is 28.6 Å². The monoisotopic (exact) mass is 447 g/mol. The minimum atomic E-state index is -0.311. The van der Waals surface area contributed by atoms with Crippen molar-refractivity contribution in [2.24, 2.45) is 0 Å². The molecule has 8 nitrogen and oxygen atoms in total. The van der Waals surface area contributed by atoms with E-state index in [-0.39, 0.29) is 23.0 Å². The Kier molecular flexibility index (Phi) is 5.91. The van der Waals surface area contributed by atoms with Gasteiger partial charge in [0.2, 0.25) is 5.91 Å². The van der Waals surface area contributed by atoms with Crippen LogP contribution in [0.15, 0.2) is 58.6 Å². The van der Waals surface area contributed by atoms with E-state index in [1.54, 1.807) is 28.9 Å². The highest BCUT2D eigenvalue weighted by molar-refractivity contribution is 7.99. The summed E-state index contributed by atoms with van der Waals surface area (Å²) in [6.45, 7) is 5.49. The molecule has 0 aliphatic carbocycles. The first-order chi connectivity index (χ1) is 15.3. The van der Waals surface area contributed by atoms with Gasteiger partial charge in [0.15, 0.2) is 16.6 Å². The summed E-state index contributed by atoms with van der Waals surface area (Å²) in [6.07, 6.45) is 1.49. The molecule has 2 N–H and O–H groups in total. The highest BCUT2D eigenvalue weighted by Crippen LogP contribution is 2.22. The third kappa shape index (κ3) is 4.33. The lowest BCUT2D eigenvalue weighted by Crippen LogP contribution is -2.16. The van der Waals surface area contributed by atoms with Crippen molar-refractivity contribution in [3.63, 3.8) is 0 Å². The summed E-state index contributed by atoms with van der Waals surface area (Å²) in [6, 6.07) is 12.5. The number of hydrogen-bond donors (Lipinski definition) is 2. The van der Waals surface area contributed by atoms with Crippen molar-refractivity contribution in [3.05, 3.63) is 75.7 Å². The molecule has 0 saturated carbocycles. The molecular weight excluding hydrogens is 426 g/mol. The van der Waals surface area contributed by atoms with Crippen molar-refractivity contribution in [1.29, 1.82) is 0 Å². The number of aromatic nitrogens is 4. The Morgan fingerprint density at radius 3 is 2.59 bits per heavy atom. The van der Waals surface area contributed by atoms with Crippen molar-refractivity contribution in [2.75, 3.05) is 11.1 Å². The number of nitrogens with zero attached hydrogens (tertiary/aromatic N) is 3. The van der Waals surface area contributed by atoms with E-state index in [2.05, 4.69) is 20.4 Å². The van der Waals surface area contributed by atoms with Crippen molar-refractivity contribution in [3.8, 4) is 5.69 Å². The average Bonchev–Trinajstić information content (AvgIpc) is 3.19. The molecule has 2 heterocycles. The van der Waals surface area contributed by atoms with Gasteiger partial charge in [-0.25, -0.2) is 9.67 Å². The number of fused-ring (bicyclic) bond motifs is 1. The van der Waals surface area contributed by atoms with Gasteiger partial charge in [-0.15, -0.1) is 0 Å². The van der Waals surface area contributed by atoms with Gasteiger partial charge in [-0.05, 0) is 62.2 Å². The van der Waals surface area contributed by atoms with Gasteiger partial charge < -0.3 is 10.3 Å². The van der Waals surface area contributed by atoms with Gasteiger partial charge in [-0.3, -0.25) is 14.4 Å². The molecule has 0 radical (unpaired) electrons. The number of aryl methyl sites for hydroxylation is 1. The van der Waals surface area contributed by atoms with E-state index in [0.29, 0.717) is 27.4 Å². The molecule has 0 aliphatic heterocycles. The first-order valence-corrected chi connectivity index (χ1v) is 10.9. The number of anilines is 1. The maximum absolute atomic E-state index is 12.5. The number of H-pyrrole nitrogens is 1. The van der Waals surface area contributed by atoms with Crippen LogP contribution in [0.25, 0.3) is 16.7 Å². The second kappa shape index (κ2) is 8.80. The van der Waals surface area contributed by atoms with Gasteiger partial charge in [0.25, 0.3) is 5.56 Å². The molecule has 0 saturated heterocycles. The van der Waals surface area contributed by atoms with Crippen molar-refractivity contribution >= 4 is 40.2 Å². The number of carbonyl (C=O) groups is 2. The minimum Gasteiger partial charge on any atom is -0.325 e. The van der Waals surface area contributed by atoms with Crippen LogP contribution in [0.3, 0.4) is 0 Å². The molecule has 0 atom stereocenters. The van der Waals surface area contributed by atoms with E-state index >= 15 is 0 Å². The molecule has 0 unspecified atom stereocenters. The van der Waals surface area contributed by atoms with Gasteiger partial charge in [-0.2, -0.15) is 5.10 Å². The van der Waals surface area contributed by atoms with Crippen LogP contribution in [-0.2, 0) is 4.79 Å². The maximum Gasteiger partial charge on any atom is 0.262 e. The highest BCUT2D eigenvalue weighted by atomic mass is 32.2. The van der Waals surface area contributed by atoms with Crippen LogP contribution in [0.5, 0.6) is 0 Å². The summed E-state index contributed by atoms with van der Waals surface area (Å²) in [5.41, 5.74) is 4.29. The number of Topliss-reactive ketones (excluding diaryl/α,β-unsaturated/α-hetero) is 1. The van der Waals surface area contributed by atoms with Crippen LogP contribution in [0.1, 0.15) is 28.4 Å². The molecule has 4 aromatic rings. The number of thioether (sulfide) groups is 1. The van der Waals surface area contributed by atoms with Crippen molar-refractivity contribution in [1.82, 2.24) is 19.7 Å². The summed E-state index contributed by atoms with van der Waals surface area (Å²) in [5.74, 6) is -0.235. The molecule has 0 fully saturated rings. The fraction of sp³-hybridized carbons (Fsp3) is 0.174. The quantitative estimate of drug-likeness (QED) is 0.265. The molecule has 0 aliphatic rings. The first-order valence-electron chi connectivity index (χ1n) is 9.92. The largest absolute Gasteiger partial charge is 0.325 e. The van der Waals surface area contributed by atoms with Gasteiger partial charge in [0, 0.05) is 11.3 Å². The molecule has 2 aromatic carbocycles. The number of aromatic amines is 1. The molecule has 2 aromatic heterocycles. The van der Waals surface area contributed by atoms with Gasteiger partial charge in [0.05, 0.1) is 17.6 Å². The Balaban J connectivity index is 1.53. The average molecular weight is 448 g/mol. The summed E-state index contributed by atoms with van der Waals surface area (Å²) < 4.78 is 1.65. The molecule has 1 amide bonds. The van der Waals surface area contributed by atoms with Crippen LogP contribution in [0.2, 0.25) is 0 Å². The normalized spacial score (nSPS) is 11.0. The summed E-state index contributed by atoms with van der Waals surface area (Å²) in [7, 11) is 0. The van der Waals surface area contributed by atoms with E-state index in [1.807, 2.05) is 32.0 Å². The Bertz CT molecular complexity index is 1390. The third-order valence-corrected chi connectivity index (χ3v) is 6.01. The van der Waals surface area contributed by atoms with Gasteiger partial charge >= 0.3 is 0 Å². The molecule has 0 bridgehead atoms. The number of benzene rings is 2. The Morgan fingerprint density at radius 1 is 1.12 bits per heavy atom. The SMILES string of the molecule is CC(=O)c1ccc(NC(=O)CSc2nc3c(cnn3-c3cccc(C)c3C)c(=O)[nH]2)cc1. The van der Waals surface area contributed by atoms with Crippen LogP contribution >= 0.6 is 11.8 Å². The zero-order chi connectivity index (χ0) is 22.8. The zero-order valence-corrected chi connectivity index (χ0v) is 18.6. The molecule has 9 heteroatoms. The fourth-order valence-electron chi connectivity index (χ4n) is 3.23. The van der Waals surface area contributed by atoms with Crippen LogP contribution in [0, 0.1) is 13.8 Å². The van der Waals surface area contributed by atoms with Crippen LogP contribution in [-0.4, -0.2) is 37.2 Å². The number of rotatable bonds is 6. The van der Waals surface area contributed by atoms with Gasteiger partial charge in [0.1, 0.15) is 5.39 Å². The smallest absolute Gasteiger partial charge is 0.262 e. The lowest BCUT2D eigenvalue weighted by molar-refractivity contribution is -0.113. The topological polar surface area (TPSA) is 110 Å². The van der Waals surface area contributed by atoms with E-state index in [4.69, 9.17) is 0 Å². The molecule has 0 spiro atoms. The second-order valence-electron chi connectivity index (χ2n) is 7.35. The number of hydrogen-bond acceptors (Lipinski definition) is 6. The minimum absolute atomic E-state index is 0.0380. The zero-order valence-electron chi connectivity index (χ0n) is 17.8. The third-order valence-electron chi connectivity index (χ3n) is 5.14. The second-order valence-corrected chi connectivity index (χ2v) is 8.32. The maximum atomic E-state index is 12.5. The summed E-state index contributed by atoms with van der Waals surface area (Å²) in [4.78, 5) is 43.5. The van der Waals surface area contributed by atoms with Crippen molar-refractivity contribution in [2.45, 2.75) is 25.9 Å². The number of amides is 1. The predicted molar refractivity (Wildman–Crippen MR) is 125 cm³/mol. The molecule has 162 valence electrons. The van der Waals surface area contributed by atoms with Crippen LogP contribution < -0.4 is 10.9 Å². The lowest BCUT2D eigenvalue weighted by Gasteiger charge is -2.09. The number of nitrogens with one attached hydrogen (secondary N) is 2. The van der Waals surface area contributed by atoms with Crippen molar-refractivity contribution < 1.29 is 9.59 Å². The molecule has 32 heavy (non-hydrogen) atoms. The van der Waals surface area contributed by atoms with E-state index in [1.165, 1.54) is 13.1 Å². The van der Waals surface area contributed by atoms with E-state index < -0.39 is 0 Å². The Labute approximate surface area is 188 Å². The van der Waals surface area contributed by atoms with Crippen LogP contribution in [0.4, 0.5) is 5.69 Å². The first kappa shape index (κ1) is 21.5. The Morgan fingerprint density at radius 2 is 1.88 bits per heavy atom. The standard InChI is InChI=1S/C23H21N5O3S/c1-13-5-4-6-19(14(13)2)28-21-18(11-24-28)22(31)27-23(26-21)32-12-20(30)25-17-9-7-16(8-10-17)15(3)29/h4-11H,12H2,1-3H3,(H,25,30)(H,26,27,31). The lowest BCUT2D eigenvalue weighted by atomic mass is 10.1. The number of ketones is 1. The number of carbonyl (C=O) groups excluding carboxylic acids is 2. The van der Waals surface area contributed by atoms with Gasteiger partial charge in [-0.1, -0.05) is 23.9 Å². The molecular formula is C23H21N5O3S. The Hall–Kier alpha value is -3.72.